The van der Waals surface area contributed by atoms with Crippen molar-refractivity contribution in [1.29, 1.82) is 0 Å². The van der Waals surface area contributed by atoms with Gasteiger partial charge in [0, 0.05) is 18.1 Å². The summed E-state index contributed by atoms with van der Waals surface area (Å²) in [6, 6.07) is 13.5. The maximum absolute atomic E-state index is 11.9. The van der Waals surface area contributed by atoms with E-state index < -0.39 is 4.92 Å². The largest absolute Gasteiger partial charge is 0.294 e. The van der Waals surface area contributed by atoms with Crippen LogP contribution in [0, 0.1) is 10.1 Å². The maximum Gasteiger partial charge on any atom is 0.277 e. The van der Waals surface area contributed by atoms with Gasteiger partial charge >= 0.3 is 0 Å². The Labute approximate surface area is 110 Å². The van der Waals surface area contributed by atoms with Crippen LogP contribution in [0.5, 0.6) is 0 Å². The summed E-state index contributed by atoms with van der Waals surface area (Å²) in [5.74, 6) is -0.0197. The molecular formula is C15H13NO3. The quantitative estimate of drug-likeness (QED) is 0.473. The first-order valence-electron chi connectivity index (χ1n) is 6.01. The Bertz CT molecular complexity index is 635. The van der Waals surface area contributed by atoms with E-state index in [4.69, 9.17) is 0 Å². The van der Waals surface area contributed by atoms with Crippen LogP contribution in [0.25, 0.3) is 11.1 Å². The number of nitrogens with zero attached hydrogens (tertiary/aromatic N) is 1. The van der Waals surface area contributed by atoms with Crippen molar-refractivity contribution in [2.24, 2.45) is 0 Å². The van der Waals surface area contributed by atoms with Gasteiger partial charge in [0.15, 0.2) is 5.78 Å². The van der Waals surface area contributed by atoms with Gasteiger partial charge < -0.3 is 0 Å². The monoisotopic (exact) mass is 255 g/mol. The lowest BCUT2D eigenvalue weighted by Crippen LogP contribution is -2.01. The summed E-state index contributed by atoms with van der Waals surface area (Å²) in [5, 5.41) is 11.1. The highest BCUT2D eigenvalue weighted by atomic mass is 16.6. The number of carbonyl (C=O) groups excluding carboxylic acids is 1. The summed E-state index contributed by atoms with van der Waals surface area (Å²) < 4.78 is 0. The van der Waals surface area contributed by atoms with Crippen molar-refractivity contribution < 1.29 is 9.72 Å². The standard InChI is InChI=1S/C15H13NO3/c1-2-15(17)13-9-4-3-7-11(13)12-8-5-6-10-14(12)16(18)19/h3-10H,2H2,1H3. The molecular weight excluding hydrogens is 242 g/mol. The molecule has 0 amide bonds. The summed E-state index contributed by atoms with van der Waals surface area (Å²) in [6.07, 6.45) is 0.373. The van der Waals surface area contributed by atoms with Crippen molar-refractivity contribution in [3.63, 3.8) is 0 Å². The molecule has 4 nitrogen and oxygen atoms in total. The molecule has 0 bridgehead atoms. The maximum atomic E-state index is 11.9. The van der Waals surface area contributed by atoms with Gasteiger partial charge in [-0.05, 0) is 11.6 Å². The van der Waals surface area contributed by atoms with Gasteiger partial charge in [0.25, 0.3) is 5.69 Å². The molecule has 96 valence electrons. The minimum absolute atomic E-state index is 0.0128. The fourth-order valence-electron chi connectivity index (χ4n) is 2.01. The molecule has 0 radical (unpaired) electrons. The molecule has 0 heterocycles. The zero-order valence-electron chi connectivity index (χ0n) is 10.5. The van der Waals surface area contributed by atoms with Gasteiger partial charge in [0.05, 0.1) is 10.5 Å². The van der Waals surface area contributed by atoms with Crippen LogP contribution in [0.4, 0.5) is 5.69 Å². The Balaban J connectivity index is 2.66. The second-order valence-electron chi connectivity index (χ2n) is 4.10. The van der Waals surface area contributed by atoms with Gasteiger partial charge in [-0.25, -0.2) is 0 Å². The van der Waals surface area contributed by atoms with Gasteiger partial charge in [-0.1, -0.05) is 43.3 Å². The lowest BCUT2D eigenvalue weighted by Gasteiger charge is -2.08. The van der Waals surface area contributed by atoms with Crippen LogP contribution in [0.1, 0.15) is 23.7 Å². The summed E-state index contributed by atoms with van der Waals surface area (Å²) >= 11 is 0. The number of carbonyl (C=O) groups is 1. The molecule has 0 unspecified atom stereocenters. The molecule has 0 aliphatic rings. The van der Waals surface area contributed by atoms with Crippen LogP contribution in [0.15, 0.2) is 48.5 Å². The summed E-state index contributed by atoms with van der Waals surface area (Å²) in [5.41, 5.74) is 1.63. The zero-order chi connectivity index (χ0) is 13.8. The molecule has 0 N–H and O–H groups in total. The summed E-state index contributed by atoms with van der Waals surface area (Å²) in [7, 11) is 0. The number of nitro groups is 1. The van der Waals surface area contributed by atoms with Gasteiger partial charge in [-0.15, -0.1) is 0 Å². The second-order valence-corrected chi connectivity index (χ2v) is 4.10. The molecule has 2 aromatic rings. The number of Topliss-reactive ketones (excluding diaryl/α,β-unsaturated/α-hetero) is 1. The van der Waals surface area contributed by atoms with Crippen LogP contribution in [0.3, 0.4) is 0 Å². The number of rotatable bonds is 4. The number of para-hydroxylation sites is 1. The normalized spacial score (nSPS) is 10.2. The highest BCUT2D eigenvalue weighted by Gasteiger charge is 2.18. The smallest absolute Gasteiger partial charge is 0.277 e. The van der Waals surface area contributed by atoms with Gasteiger partial charge in [0.2, 0.25) is 0 Å². The summed E-state index contributed by atoms with van der Waals surface area (Å²) in [6.45, 7) is 1.78. The zero-order valence-corrected chi connectivity index (χ0v) is 10.5. The molecule has 2 aromatic carbocycles. The molecule has 0 saturated carbocycles. The SMILES string of the molecule is CCC(=O)c1ccccc1-c1ccccc1[N+](=O)[O-]. The minimum Gasteiger partial charge on any atom is -0.294 e. The highest BCUT2D eigenvalue weighted by molar-refractivity contribution is 6.03. The Morgan fingerprint density at radius 3 is 2.26 bits per heavy atom. The molecule has 4 heteroatoms. The predicted octanol–water partition coefficient (Wildman–Crippen LogP) is 3.85. The number of ketones is 1. The molecule has 0 atom stereocenters. The predicted molar refractivity (Wildman–Crippen MR) is 73.2 cm³/mol. The van der Waals surface area contributed by atoms with E-state index in [-0.39, 0.29) is 11.5 Å². The first-order valence-corrected chi connectivity index (χ1v) is 6.01. The molecule has 0 aliphatic carbocycles. The Hall–Kier alpha value is -2.49. The van der Waals surface area contributed by atoms with E-state index >= 15 is 0 Å². The van der Waals surface area contributed by atoms with Crippen LogP contribution in [0.2, 0.25) is 0 Å². The lowest BCUT2D eigenvalue weighted by atomic mass is 9.95. The van der Waals surface area contributed by atoms with Crippen molar-refractivity contribution in [2.45, 2.75) is 13.3 Å². The minimum atomic E-state index is -0.428. The Morgan fingerprint density at radius 2 is 1.63 bits per heavy atom. The third-order valence-electron chi connectivity index (χ3n) is 2.94. The first-order chi connectivity index (χ1) is 9.15. The van der Waals surface area contributed by atoms with Crippen molar-refractivity contribution in [2.75, 3.05) is 0 Å². The third-order valence-corrected chi connectivity index (χ3v) is 2.94. The molecule has 0 spiro atoms. The van der Waals surface area contributed by atoms with Crippen LogP contribution in [-0.2, 0) is 0 Å². The highest BCUT2D eigenvalue weighted by Crippen LogP contribution is 2.32. The van der Waals surface area contributed by atoms with Gasteiger partial charge in [-0.2, -0.15) is 0 Å². The fraction of sp³-hybridized carbons (Fsp3) is 0.133. The van der Waals surface area contributed by atoms with Crippen molar-refractivity contribution in [3.05, 3.63) is 64.2 Å². The average Bonchev–Trinajstić information content (AvgIpc) is 2.46. The van der Waals surface area contributed by atoms with E-state index in [9.17, 15) is 14.9 Å². The van der Waals surface area contributed by atoms with Crippen molar-refractivity contribution in [1.82, 2.24) is 0 Å². The van der Waals surface area contributed by atoms with Crippen LogP contribution >= 0.6 is 0 Å². The molecule has 0 aromatic heterocycles. The number of nitro benzene ring substituents is 1. The number of hydrogen-bond acceptors (Lipinski definition) is 3. The third kappa shape index (κ3) is 2.52. The van der Waals surface area contributed by atoms with Crippen molar-refractivity contribution in [3.8, 4) is 11.1 Å². The van der Waals surface area contributed by atoms with E-state index in [1.54, 1.807) is 49.4 Å². The molecule has 0 saturated heterocycles. The second kappa shape index (κ2) is 5.44. The van der Waals surface area contributed by atoms with E-state index in [1.807, 2.05) is 0 Å². The molecule has 0 fully saturated rings. The first kappa shape index (κ1) is 13.0. The molecule has 19 heavy (non-hydrogen) atoms. The average molecular weight is 255 g/mol. The van der Waals surface area contributed by atoms with E-state index in [0.29, 0.717) is 23.1 Å². The molecule has 0 aliphatic heterocycles. The fourth-order valence-corrected chi connectivity index (χ4v) is 2.01. The van der Waals surface area contributed by atoms with Crippen LogP contribution in [-0.4, -0.2) is 10.7 Å². The topological polar surface area (TPSA) is 60.2 Å². The van der Waals surface area contributed by atoms with E-state index in [1.165, 1.54) is 6.07 Å². The van der Waals surface area contributed by atoms with Gasteiger partial charge in [-0.3, -0.25) is 14.9 Å². The Morgan fingerprint density at radius 1 is 1.05 bits per heavy atom. The molecule has 2 rings (SSSR count). The summed E-state index contributed by atoms with van der Waals surface area (Å²) in [4.78, 5) is 22.6. The lowest BCUT2D eigenvalue weighted by molar-refractivity contribution is -0.384. The van der Waals surface area contributed by atoms with E-state index in [0.717, 1.165) is 0 Å². The van der Waals surface area contributed by atoms with E-state index in [2.05, 4.69) is 0 Å². The van der Waals surface area contributed by atoms with Crippen LogP contribution < -0.4 is 0 Å². The number of hydrogen-bond donors (Lipinski definition) is 0. The van der Waals surface area contributed by atoms with Gasteiger partial charge in [0.1, 0.15) is 0 Å². The number of benzene rings is 2. The van der Waals surface area contributed by atoms with Crippen molar-refractivity contribution >= 4 is 11.5 Å². The Kier molecular flexibility index (Phi) is 3.71.